The zero-order valence-corrected chi connectivity index (χ0v) is 12.4. The number of halogens is 2. The third kappa shape index (κ3) is 3.99. The highest BCUT2D eigenvalue weighted by Crippen LogP contribution is 2.24. The standard InChI is InChI=1S/C14H19F2NO3S/c15-12-6-11(9-18)7-13(14(12)16)21(19,20)17-8-10-4-2-1-3-5-10/h6-7,10,17-18H,1-5,8-9H2. The Bertz CT molecular complexity index is 598. The summed E-state index contributed by atoms with van der Waals surface area (Å²) >= 11 is 0. The maximum absolute atomic E-state index is 13.7. The van der Waals surface area contributed by atoms with Crippen molar-refractivity contribution in [1.82, 2.24) is 4.72 Å². The van der Waals surface area contributed by atoms with Crippen LogP contribution in [0.3, 0.4) is 0 Å². The van der Waals surface area contributed by atoms with Crippen LogP contribution in [0.4, 0.5) is 8.78 Å². The molecule has 0 heterocycles. The highest BCUT2D eigenvalue weighted by atomic mass is 32.2. The molecular weight excluding hydrogens is 300 g/mol. The molecular formula is C14H19F2NO3S. The second-order valence-corrected chi connectivity index (χ2v) is 7.14. The SMILES string of the molecule is O=S(=O)(NCC1CCCCC1)c1cc(CO)cc(F)c1F. The molecule has 0 aromatic heterocycles. The van der Waals surface area contributed by atoms with Gasteiger partial charge in [0.2, 0.25) is 10.0 Å². The number of rotatable bonds is 5. The fourth-order valence-corrected chi connectivity index (χ4v) is 3.85. The summed E-state index contributed by atoms with van der Waals surface area (Å²) in [5, 5.41) is 8.97. The number of benzene rings is 1. The third-order valence-corrected chi connectivity index (χ3v) is 5.24. The van der Waals surface area contributed by atoms with E-state index in [1.165, 1.54) is 0 Å². The summed E-state index contributed by atoms with van der Waals surface area (Å²) in [5.41, 5.74) is 0.0203. The predicted octanol–water partition coefficient (Wildman–Crippen LogP) is 2.32. The summed E-state index contributed by atoms with van der Waals surface area (Å²) in [6, 6.07) is 1.75. The van der Waals surface area contributed by atoms with Crippen LogP contribution in [0.25, 0.3) is 0 Å². The van der Waals surface area contributed by atoms with Crippen LogP contribution in [-0.4, -0.2) is 20.1 Å². The molecule has 1 saturated carbocycles. The van der Waals surface area contributed by atoms with Gasteiger partial charge in [-0.3, -0.25) is 0 Å². The second kappa shape index (κ2) is 6.81. The molecule has 0 unspecified atom stereocenters. The van der Waals surface area contributed by atoms with Crippen LogP contribution in [0.2, 0.25) is 0 Å². The van der Waals surface area contributed by atoms with Crippen molar-refractivity contribution >= 4 is 10.0 Å². The predicted molar refractivity (Wildman–Crippen MR) is 74.0 cm³/mol. The van der Waals surface area contributed by atoms with Crippen LogP contribution >= 0.6 is 0 Å². The van der Waals surface area contributed by atoms with Gasteiger partial charge in [0, 0.05) is 6.54 Å². The van der Waals surface area contributed by atoms with Gasteiger partial charge in [-0.2, -0.15) is 0 Å². The fraction of sp³-hybridized carbons (Fsp3) is 0.571. The highest BCUT2D eigenvalue weighted by molar-refractivity contribution is 7.89. The fourth-order valence-electron chi connectivity index (χ4n) is 2.60. The van der Waals surface area contributed by atoms with Gasteiger partial charge in [0.05, 0.1) is 6.61 Å². The topological polar surface area (TPSA) is 66.4 Å². The molecule has 2 rings (SSSR count). The normalized spacial score (nSPS) is 17.1. The maximum Gasteiger partial charge on any atom is 0.243 e. The van der Waals surface area contributed by atoms with Crippen molar-refractivity contribution in [3.05, 3.63) is 29.3 Å². The molecule has 1 aromatic carbocycles. The Kier molecular flexibility index (Phi) is 5.29. The Morgan fingerprint density at radius 2 is 1.86 bits per heavy atom. The molecule has 0 bridgehead atoms. The molecule has 0 amide bonds. The molecule has 2 N–H and O–H groups in total. The molecule has 118 valence electrons. The zero-order chi connectivity index (χ0) is 15.5. The minimum absolute atomic E-state index is 0.0203. The molecule has 0 saturated heterocycles. The van der Waals surface area contributed by atoms with E-state index in [2.05, 4.69) is 4.72 Å². The van der Waals surface area contributed by atoms with Crippen LogP contribution in [0.5, 0.6) is 0 Å². The van der Waals surface area contributed by atoms with Gasteiger partial charge >= 0.3 is 0 Å². The average molecular weight is 319 g/mol. The van der Waals surface area contributed by atoms with Gasteiger partial charge in [-0.25, -0.2) is 21.9 Å². The third-order valence-electron chi connectivity index (χ3n) is 3.81. The number of aliphatic hydroxyl groups is 1. The van der Waals surface area contributed by atoms with Crippen LogP contribution in [0.15, 0.2) is 17.0 Å². The van der Waals surface area contributed by atoms with E-state index >= 15 is 0 Å². The Morgan fingerprint density at radius 3 is 2.48 bits per heavy atom. The van der Waals surface area contributed by atoms with Crippen molar-refractivity contribution in [3.8, 4) is 0 Å². The Labute approximate surface area is 123 Å². The first-order valence-electron chi connectivity index (χ1n) is 7.02. The van der Waals surface area contributed by atoms with Crippen molar-refractivity contribution < 1.29 is 22.3 Å². The zero-order valence-electron chi connectivity index (χ0n) is 11.6. The maximum atomic E-state index is 13.7. The quantitative estimate of drug-likeness (QED) is 0.875. The van der Waals surface area contributed by atoms with Crippen LogP contribution < -0.4 is 4.72 Å². The summed E-state index contributed by atoms with van der Waals surface area (Å²) in [7, 11) is -4.12. The van der Waals surface area contributed by atoms with E-state index in [1.54, 1.807) is 0 Å². The first kappa shape index (κ1) is 16.3. The molecule has 0 spiro atoms. The first-order valence-corrected chi connectivity index (χ1v) is 8.51. The number of aliphatic hydroxyl groups excluding tert-OH is 1. The van der Waals surface area contributed by atoms with E-state index in [0.717, 1.165) is 44.2 Å². The molecule has 7 heteroatoms. The molecule has 0 atom stereocenters. The summed E-state index contributed by atoms with van der Waals surface area (Å²) in [5.74, 6) is -2.45. The van der Waals surface area contributed by atoms with E-state index in [0.29, 0.717) is 0 Å². The van der Waals surface area contributed by atoms with Crippen molar-refractivity contribution in [2.45, 2.75) is 43.6 Å². The number of hydrogen-bond acceptors (Lipinski definition) is 3. The van der Waals surface area contributed by atoms with Crippen molar-refractivity contribution in [2.24, 2.45) is 5.92 Å². The molecule has 4 nitrogen and oxygen atoms in total. The molecule has 1 fully saturated rings. The number of nitrogens with one attached hydrogen (secondary N) is 1. The lowest BCUT2D eigenvalue weighted by molar-refractivity contribution is 0.280. The molecule has 1 aliphatic rings. The van der Waals surface area contributed by atoms with E-state index in [-0.39, 0.29) is 18.0 Å². The Balaban J connectivity index is 2.16. The monoisotopic (exact) mass is 319 g/mol. The molecule has 1 aromatic rings. The lowest BCUT2D eigenvalue weighted by atomic mass is 9.90. The van der Waals surface area contributed by atoms with Gasteiger partial charge in [0.1, 0.15) is 4.90 Å². The van der Waals surface area contributed by atoms with Gasteiger partial charge in [-0.05, 0) is 36.5 Å². The minimum atomic E-state index is -4.12. The molecule has 1 aliphatic carbocycles. The van der Waals surface area contributed by atoms with E-state index in [9.17, 15) is 17.2 Å². The molecule has 0 radical (unpaired) electrons. The van der Waals surface area contributed by atoms with Crippen molar-refractivity contribution in [3.63, 3.8) is 0 Å². The van der Waals surface area contributed by atoms with Gasteiger partial charge in [0.15, 0.2) is 11.6 Å². The number of sulfonamides is 1. The van der Waals surface area contributed by atoms with Gasteiger partial charge in [-0.1, -0.05) is 19.3 Å². The summed E-state index contributed by atoms with van der Waals surface area (Å²) in [6.07, 6.45) is 5.17. The Hall–Kier alpha value is -1.05. The minimum Gasteiger partial charge on any atom is -0.392 e. The van der Waals surface area contributed by atoms with Crippen molar-refractivity contribution in [2.75, 3.05) is 6.54 Å². The largest absolute Gasteiger partial charge is 0.392 e. The Morgan fingerprint density at radius 1 is 1.19 bits per heavy atom. The highest BCUT2D eigenvalue weighted by Gasteiger charge is 2.24. The van der Waals surface area contributed by atoms with E-state index in [4.69, 9.17) is 5.11 Å². The van der Waals surface area contributed by atoms with Crippen LogP contribution in [-0.2, 0) is 16.6 Å². The van der Waals surface area contributed by atoms with E-state index in [1.807, 2.05) is 0 Å². The summed E-state index contributed by atoms with van der Waals surface area (Å²) < 4.78 is 53.7. The van der Waals surface area contributed by atoms with Gasteiger partial charge < -0.3 is 5.11 Å². The van der Waals surface area contributed by atoms with Crippen LogP contribution in [0.1, 0.15) is 37.7 Å². The summed E-state index contributed by atoms with van der Waals surface area (Å²) in [6.45, 7) is -0.324. The van der Waals surface area contributed by atoms with Crippen LogP contribution in [0, 0.1) is 17.6 Å². The molecule has 21 heavy (non-hydrogen) atoms. The molecule has 0 aliphatic heterocycles. The lowest BCUT2D eigenvalue weighted by Gasteiger charge is -2.21. The first-order chi connectivity index (χ1) is 9.94. The summed E-state index contributed by atoms with van der Waals surface area (Å²) in [4.78, 5) is -0.748. The average Bonchev–Trinajstić information content (AvgIpc) is 2.48. The number of hydrogen-bond donors (Lipinski definition) is 2. The second-order valence-electron chi connectivity index (χ2n) is 5.40. The van der Waals surface area contributed by atoms with Gasteiger partial charge in [0.25, 0.3) is 0 Å². The smallest absolute Gasteiger partial charge is 0.243 e. The van der Waals surface area contributed by atoms with Gasteiger partial charge in [-0.15, -0.1) is 0 Å². The van der Waals surface area contributed by atoms with Crippen molar-refractivity contribution in [1.29, 1.82) is 0 Å². The lowest BCUT2D eigenvalue weighted by Crippen LogP contribution is -2.31. The van der Waals surface area contributed by atoms with E-state index < -0.39 is 33.2 Å².